The molecule has 0 aromatic rings. The molecule has 0 aromatic carbocycles. The van der Waals surface area contributed by atoms with Crippen molar-refractivity contribution in [1.29, 1.82) is 0 Å². The van der Waals surface area contributed by atoms with Gasteiger partial charge in [-0.15, -0.1) is 6.58 Å². The van der Waals surface area contributed by atoms with Gasteiger partial charge in [-0.25, -0.2) is 0 Å². The highest BCUT2D eigenvalue weighted by molar-refractivity contribution is 5.73. The van der Waals surface area contributed by atoms with Gasteiger partial charge in [0.25, 0.3) is 0 Å². The topological polar surface area (TPSA) is 32.3 Å². The number of nitrogens with one attached hydrogen (secondary N) is 1. The minimum absolute atomic E-state index is 0.0469. The summed E-state index contributed by atoms with van der Waals surface area (Å²) in [6, 6.07) is 0. The summed E-state index contributed by atoms with van der Waals surface area (Å²) in [6.45, 7) is 9.45. The van der Waals surface area contributed by atoms with E-state index in [1.807, 2.05) is 6.08 Å². The van der Waals surface area contributed by atoms with E-state index >= 15 is 0 Å². The Morgan fingerprint density at radius 2 is 2.36 bits per heavy atom. The third kappa shape index (κ3) is 2.84. The van der Waals surface area contributed by atoms with Crippen LogP contribution in [0.25, 0.3) is 0 Å². The van der Waals surface area contributed by atoms with Crippen molar-refractivity contribution in [2.24, 2.45) is 5.92 Å². The van der Waals surface area contributed by atoms with Gasteiger partial charge in [0.05, 0.1) is 5.54 Å². The second-order valence-electron chi connectivity index (χ2n) is 4.64. The predicted octanol–water partition coefficient (Wildman–Crippen LogP) is 1.02. The molecule has 14 heavy (non-hydrogen) atoms. The van der Waals surface area contributed by atoms with E-state index in [0.29, 0.717) is 5.92 Å². The van der Waals surface area contributed by atoms with E-state index in [1.54, 1.807) is 6.92 Å². The molecule has 1 aliphatic heterocycles. The van der Waals surface area contributed by atoms with Crippen molar-refractivity contribution in [1.82, 2.24) is 10.2 Å². The summed E-state index contributed by atoms with van der Waals surface area (Å²) in [6.07, 6.45) is 2.97. The average molecular weight is 196 g/mol. The number of hydrogen-bond acceptors (Lipinski definition) is 2. The fourth-order valence-corrected chi connectivity index (χ4v) is 2.44. The number of likely N-dealkylation sites (N-methyl/N-ethyl adjacent to an activating group) is 1. The number of likely N-dealkylation sites (tertiary alicyclic amines) is 1. The molecule has 0 radical (unpaired) electrons. The molecular formula is C11H20N2O. The molecule has 80 valence electrons. The Morgan fingerprint density at radius 3 is 2.86 bits per heavy atom. The van der Waals surface area contributed by atoms with E-state index in [0.717, 1.165) is 19.5 Å². The predicted molar refractivity (Wildman–Crippen MR) is 58.0 cm³/mol. The maximum absolute atomic E-state index is 11.1. The van der Waals surface area contributed by atoms with Crippen LogP contribution in [0, 0.1) is 5.92 Å². The summed E-state index contributed by atoms with van der Waals surface area (Å²) >= 11 is 0. The van der Waals surface area contributed by atoms with Crippen molar-refractivity contribution < 1.29 is 4.79 Å². The molecule has 1 saturated heterocycles. The summed E-state index contributed by atoms with van der Waals surface area (Å²) < 4.78 is 0. The van der Waals surface area contributed by atoms with Gasteiger partial charge in [-0.3, -0.25) is 4.79 Å². The maximum Gasteiger partial charge on any atom is 0.217 e. The van der Waals surface area contributed by atoms with Crippen LogP contribution in [-0.2, 0) is 4.79 Å². The largest absolute Gasteiger partial charge is 0.350 e. The summed E-state index contributed by atoms with van der Waals surface area (Å²) in [4.78, 5) is 13.3. The Bertz CT molecular complexity index is 239. The zero-order chi connectivity index (χ0) is 10.8. The third-order valence-electron chi connectivity index (χ3n) is 2.69. The van der Waals surface area contributed by atoms with Crippen LogP contribution < -0.4 is 5.32 Å². The van der Waals surface area contributed by atoms with E-state index < -0.39 is 0 Å². The van der Waals surface area contributed by atoms with Gasteiger partial charge in [0.15, 0.2) is 0 Å². The SMILES string of the molecule is C=C[C@@H]1CN(C)C[C@](C)(NC(C)=O)C1. The lowest BCUT2D eigenvalue weighted by atomic mass is 9.84. The molecular weight excluding hydrogens is 176 g/mol. The van der Waals surface area contributed by atoms with Gasteiger partial charge in [0.2, 0.25) is 5.91 Å². The van der Waals surface area contributed by atoms with Crippen molar-refractivity contribution in [2.45, 2.75) is 25.8 Å². The monoisotopic (exact) mass is 196 g/mol. The molecule has 1 N–H and O–H groups in total. The van der Waals surface area contributed by atoms with E-state index in [9.17, 15) is 4.79 Å². The van der Waals surface area contributed by atoms with Crippen LogP contribution in [0.5, 0.6) is 0 Å². The lowest BCUT2D eigenvalue weighted by Crippen LogP contribution is -2.57. The average Bonchev–Trinajstić information content (AvgIpc) is 1.99. The summed E-state index contributed by atoms with van der Waals surface area (Å²) in [5.41, 5.74) is -0.0995. The number of rotatable bonds is 2. The van der Waals surface area contributed by atoms with Crippen LogP contribution in [0.4, 0.5) is 0 Å². The quantitative estimate of drug-likeness (QED) is 0.669. The van der Waals surface area contributed by atoms with Gasteiger partial charge in [-0.1, -0.05) is 6.08 Å². The number of nitrogens with zero attached hydrogens (tertiary/aromatic N) is 1. The highest BCUT2D eigenvalue weighted by atomic mass is 16.1. The van der Waals surface area contributed by atoms with Crippen LogP contribution in [0.2, 0.25) is 0 Å². The summed E-state index contributed by atoms with van der Waals surface area (Å²) in [5, 5.41) is 3.02. The normalized spacial score (nSPS) is 33.8. The molecule has 1 rings (SSSR count). The molecule has 3 heteroatoms. The Hall–Kier alpha value is -0.830. The van der Waals surface area contributed by atoms with Gasteiger partial charge < -0.3 is 10.2 Å². The van der Waals surface area contributed by atoms with Gasteiger partial charge in [-0.05, 0) is 26.3 Å². The van der Waals surface area contributed by atoms with Crippen LogP contribution in [0.1, 0.15) is 20.3 Å². The van der Waals surface area contributed by atoms with E-state index in [-0.39, 0.29) is 11.4 Å². The van der Waals surface area contributed by atoms with Crippen molar-refractivity contribution in [3.05, 3.63) is 12.7 Å². The van der Waals surface area contributed by atoms with Gasteiger partial charge >= 0.3 is 0 Å². The zero-order valence-corrected chi connectivity index (χ0v) is 9.34. The molecule has 2 atom stereocenters. The van der Waals surface area contributed by atoms with E-state index in [2.05, 4.69) is 30.8 Å². The van der Waals surface area contributed by atoms with Gasteiger partial charge in [0.1, 0.15) is 0 Å². The Morgan fingerprint density at radius 1 is 1.71 bits per heavy atom. The van der Waals surface area contributed by atoms with Crippen LogP contribution in [0.3, 0.4) is 0 Å². The number of hydrogen-bond donors (Lipinski definition) is 1. The fraction of sp³-hybridized carbons (Fsp3) is 0.727. The molecule has 0 aromatic heterocycles. The maximum atomic E-state index is 11.1. The molecule has 0 unspecified atom stereocenters. The van der Waals surface area contributed by atoms with Gasteiger partial charge in [-0.2, -0.15) is 0 Å². The van der Waals surface area contributed by atoms with E-state index in [4.69, 9.17) is 0 Å². The molecule has 0 spiro atoms. The first-order chi connectivity index (χ1) is 6.45. The Labute approximate surface area is 86.2 Å². The van der Waals surface area contributed by atoms with Crippen LogP contribution in [0.15, 0.2) is 12.7 Å². The standard InChI is InChI=1S/C11H20N2O/c1-5-10-6-11(3,12-9(2)14)8-13(4)7-10/h5,10H,1,6-8H2,2-4H3,(H,12,14)/t10-,11+/m0/s1. The molecule has 0 bridgehead atoms. The second kappa shape index (κ2) is 4.13. The van der Waals surface area contributed by atoms with Crippen molar-refractivity contribution in [2.75, 3.05) is 20.1 Å². The molecule has 0 saturated carbocycles. The minimum atomic E-state index is -0.0995. The number of carbonyl (C=O) groups excluding carboxylic acids is 1. The molecule has 1 heterocycles. The molecule has 3 nitrogen and oxygen atoms in total. The smallest absolute Gasteiger partial charge is 0.217 e. The van der Waals surface area contributed by atoms with Crippen LogP contribution >= 0.6 is 0 Å². The summed E-state index contributed by atoms with van der Waals surface area (Å²) in [5.74, 6) is 0.524. The Kier molecular flexibility index (Phi) is 3.32. The second-order valence-corrected chi connectivity index (χ2v) is 4.64. The molecule has 1 fully saturated rings. The molecule has 1 amide bonds. The highest BCUT2D eigenvalue weighted by Crippen LogP contribution is 2.24. The van der Waals surface area contributed by atoms with Gasteiger partial charge in [0, 0.05) is 20.0 Å². The molecule has 0 aliphatic carbocycles. The highest BCUT2D eigenvalue weighted by Gasteiger charge is 2.34. The first-order valence-corrected chi connectivity index (χ1v) is 5.05. The third-order valence-corrected chi connectivity index (χ3v) is 2.69. The number of piperidine rings is 1. The summed E-state index contributed by atoms with van der Waals surface area (Å²) in [7, 11) is 2.08. The minimum Gasteiger partial charge on any atom is -0.350 e. The fourth-order valence-electron chi connectivity index (χ4n) is 2.44. The zero-order valence-electron chi connectivity index (χ0n) is 9.34. The lowest BCUT2D eigenvalue weighted by Gasteiger charge is -2.42. The van der Waals surface area contributed by atoms with Crippen molar-refractivity contribution in [3.8, 4) is 0 Å². The van der Waals surface area contributed by atoms with Crippen molar-refractivity contribution in [3.63, 3.8) is 0 Å². The first-order valence-electron chi connectivity index (χ1n) is 5.05. The van der Waals surface area contributed by atoms with Crippen molar-refractivity contribution >= 4 is 5.91 Å². The Balaban J connectivity index is 2.67. The number of amides is 1. The number of carbonyl (C=O) groups is 1. The van der Waals surface area contributed by atoms with Crippen LogP contribution in [-0.4, -0.2) is 36.5 Å². The lowest BCUT2D eigenvalue weighted by molar-refractivity contribution is -0.121. The van der Waals surface area contributed by atoms with E-state index in [1.165, 1.54) is 0 Å². The first kappa shape index (κ1) is 11.2. The molecule has 1 aliphatic rings.